The van der Waals surface area contributed by atoms with E-state index >= 15 is 0 Å². The zero-order valence-corrected chi connectivity index (χ0v) is 12.6. The van der Waals surface area contributed by atoms with Gasteiger partial charge < -0.3 is 9.84 Å². The molecule has 1 heterocycles. The monoisotopic (exact) mass is 291 g/mol. The van der Waals surface area contributed by atoms with Crippen molar-refractivity contribution in [3.63, 3.8) is 0 Å². The Morgan fingerprint density at radius 1 is 1.30 bits per heavy atom. The first-order chi connectivity index (χ1) is 9.51. The van der Waals surface area contributed by atoms with Crippen LogP contribution in [-0.2, 0) is 6.61 Å². The zero-order chi connectivity index (χ0) is 14.7. The number of benzene rings is 1. The number of aryl methyl sites for hydroxylation is 1. The maximum atomic E-state index is 9.21. The molecule has 0 fully saturated rings. The highest BCUT2D eigenvalue weighted by molar-refractivity contribution is 6.31. The second kappa shape index (κ2) is 6.25. The van der Waals surface area contributed by atoms with E-state index in [-0.39, 0.29) is 6.61 Å². The smallest absolute Gasteiger partial charge is 0.219 e. The van der Waals surface area contributed by atoms with E-state index in [0.717, 1.165) is 11.3 Å². The number of rotatable bonds is 4. The number of aromatic nitrogens is 1. The van der Waals surface area contributed by atoms with Gasteiger partial charge in [-0.3, -0.25) is 0 Å². The van der Waals surface area contributed by atoms with E-state index in [9.17, 15) is 5.11 Å². The molecule has 0 aliphatic heterocycles. The summed E-state index contributed by atoms with van der Waals surface area (Å²) in [5, 5.41) is 9.65. The van der Waals surface area contributed by atoms with Crippen LogP contribution in [0.25, 0.3) is 0 Å². The Kier molecular flexibility index (Phi) is 4.63. The molecule has 0 atom stereocenters. The third kappa shape index (κ3) is 3.30. The highest BCUT2D eigenvalue weighted by Crippen LogP contribution is 2.29. The summed E-state index contributed by atoms with van der Waals surface area (Å²) < 4.78 is 5.82. The third-order valence-electron chi connectivity index (χ3n) is 3.17. The van der Waals surface area contributed by atoms with Gasteiger partial charge in [-0.05, 0) is 30.0 Å². The summed E-state index contributed by atoms with van der Waals surface area (Å²) in [6, 6.07) is 7.81. The summed E-state index contributed by atoms with van der Waals surface area (Å²) in [6.07, 6.45) is 1.49. The number of aliphatic hydroxyl groups excluding tert-OH is 1. The van der Waals surface area contributed by atoms with Gasteiger partial charge in [0.2, 0.25) is 5.88 Å². The van der Waals surface area contributed by atoms with Gasteiger partial charge in [0.15, 0.2) is 0 Å². The molecule has 106 valence electrons. The molecule has 0 aliphatic rings. The summed E-state index contributed by atoms with van der Waals surface area (Å²) in [7, 11) is 0. The van der Waals surface area contributed by atoms with E-state index in [1.54, 1.807) is 6.07 Å². The molecule has 4 heteroatoms. The fourth-order valence-corrected chi connectivity index (χ4v) is 2.00. The predicted molar refractivity (Wildman–Crippen MR) is 80.5 cm³/mol. The molecule has 3 nitrogen and oxygen atoms in total. The van der Waals surface area contributed by atoms with Crippen molar-refractivity contribution in [3.05, 3.63) is 52.2 Å². The minimum absolute atomic E-state index is 0.136. The van der Waals surface area contributed by atoms with Crippen LogP contribution >= 0.6 is 11.6 Å². The van der Waals surface area contributed by atoms with Crippen molar-refractivity contribution in [2.75, 3.05) is 0 Å². The number of aliphatic hydroxyl groups is 1. The highest BCUT2D eigenvalue weighted by Gasteiger charge is 2.08. The van der Waals surface area contributed by atoms with Gasteiger partial charge >= 0.3 is 0 Å². The van der Waals surface area contributed by atoms with Crippen molar-refractivity contribution in [1.29, 1.82) is 0 Å². The minimum Gasteiger partial charge on any atom is -0.439 e. The molecule has 0 spiro atoms. The Morgan fingerprint density at radius 3 is 2.70 bits per heavy atom. The molecule has 2 aromatic rings. The van der Waals surface area contributed by atoms with E-state index in [1.165, 1.54) is 11.8 Å². The van der Waals surface area contributed by atoms with Crippen molar-refractivity contribution >= 4 is 11.6 Å². The lowest BCUT2D eigenvalue weighted by molar-refractivity contribution is 0.281. The maximum absolute atomic E-state index is 9.21. The molecular weight excluding hydrogens is 274 g/mol. The summed E-state index contributed by atoms with van der Waals surface area (Å²) in [6.45, 7) is 6.13. The van der Waals surface area contributed by atoms with Crippen LogP contribution in [0, 0.1) is 6.92 Å². The normalized spacial score (nSPS) is 10.9. The van der Waals surface area contributed by atoms with Crippen molar-refractivity contribution in [2.24, 2.45) is 0 Å². The van der Waals surface area contributed by atoms with Gasteiger partial charge in [0.05, 0.1) is 11.6 Å². The number of hydrogen-bond donors (Lipinski definition) is 1. The zero-order valence-electron chi connectivity index (χ0n) is 11.9. The Hall–Kier alpha value is -1.58. The van der Waals surface area contributed by atoms with Crippen LogP contribution in [-0.4, -0.2) is 10.1 Å². The molecule has 1 aromatic carbocycles. The first kappa shape index (κ1) is 14.8. The number of halogens is 1. The molecule has 0 bridgehead atoms. The quantitative estimate of drug-likeness (QED) is 0.905. The van der Waals surface area contributed by atoms with Crippen LogP contribution in [0.5, 0.6) is 11.6 Å². The molecule has 20 heavy (non-hydrogen) atoms. The molecule has 2 rings (SSSR count). The molecular formula is C16H18ClNO2. The molecule has 0 amide bonds. The van der Waals surface area contributed by atoms with Crippen LogP contribution in [0.3, 0.4) is 0 Å². The van der Waals surface area contributed by atoms with Gasteiger partial charge in [0, 0.05) is 17.8 Å². The topological polar surface area (TPSA) is 42.4 Å². The highest BCUT2D eigenvalue weighted by atomic mass is 35.5. The lowest BCUT2D eigenvalue weighted by Gasteiger charge is -2.12. The summed E-state index contributed by atoms with van der Waals surface area (Å²) >= 11 is 5.92. The Labute approximate surface area is 124 Å². The van der Waals surface area contributed by atoms with Crippen molar-refractivity contribution in [2.45, 2.75) is 33.3 Å². The lowest BCUT2D eigenvalue weighted by Crippen LogP contribution is -1.95. The van der Waals surface area contributed by atoms with Crippen molar-refractivity contribution in [1.82, 2.24) is 4.98 Å². The third-order valence-corrected chi connectivity index (χ3v) is 3.51. The number of hydrogen-bond acceptors (Lipinski definition) is 3. The average molecular weight is 292 g/mol. The van der Waals surface area contributed by atoms with Crippen LogP contribution < -0.4 is 4.74 Å². The summed E-state index contributed by atoms with van der Waals surface area (Å²) in [5.74, 6) is 1.64. The molecule has 0 saturated heterocycles. The number of ether oxygens (including phenoxy) is 1. The van der Waals surface area contributed by atoms with Crippen LogP contribution in [0.15, 0.2) is 30.5 Å². The van der Waals surface area contributed by atoms with Gasteiger partial charge in [0.1, 0.15) is 5.75 Å². The van der Waals surface area contributed by atoms with E-state index in [2.05, 4.69) is 24.9 Å². The van der Waals surface area contributed by atoms with Crippen molar-refractivity contribution < 1.29 is 9.84 Å². The molecule has 0 aliphatic carbocycles. The van der Waals surface area contributed by atoms with E-state index in [0.29, 0.717) is 22.4 Å². The molecule has 0 saturated carbocycles. The van der Waals surface area contributed by atoms with Crippen LogP contribution in [0.4, 0.5) is 0 Å². The van der Waals surface area contributed by atoms with Gasteiger partial charge in [0.25, 0.3) is 0 Å². The molecule has 0 radical (unpaired) electrons. The van der Waals surface area contributed by atoms with E-state index in [1.807, 2.05) is 19.1 Å². The Morgan fingerprint density at radius 2 is 2.05 bits per heavy atom. The predicted octanol–water partition coefficient (Wildman–Crippen LogP) is 4.45. The van der Waals surface area contributed by atoms with Gasteiger partial charge in [-0.2, -0.15) is 0 Å². The van der Waals surface area contributed by atoms with Gasteiger partial charge in [-0.1, -0.05) is 37.6 Å². The fourth-order valence-electron chi connectivity index (χ4n) is 1.83. The second-order valence-corrected chi connectivity index (χ2v) is 5.46. The summed E-state index contributed by atoms with van der Waals surface area (Å²) in [4.78, 5) is 4.13. The standard InChI is InChI=1S/C16H18ClNO2/c1-10(2)12-5-4-11(3)15(6-12)20-16-7-13(9-19)14(17)8-18-16/h4-8,10,19H,9H2,1-3H3. The largest absolute Gasteiger partial charge is 0.439 e. The SMILES string of the molecule is Cc1ccc(C(C)C)cc1Oc1cc(CO)c(Cl)cn1. The Bertz CT molecular complexity index is 611. The molecule has 1 N–H and O–H groups in total. The van der Waals surface area contributed by atoms with Crippen LogP contribution in [0.2, 0.25) is 5.02 Å². The van der Waals surface area contributed by atoms with Gasteiger partial charge in [-0.25, -0.2) is 4.98 Å². The molecule has 1 aromatic heterocycles. The number of nitrogens with zero attached hydrogens (tertiary/aromatic N) is 1. The maximum Gasteiger partial charge on any atom is 0.219 e. The van der Waals surface area contributed by atoms with E-state index < -0.39 is 0 Å². The van der Waals surface area contributed by atoms with Crippen molar-refractivity contribution in [3.8, 4) is 11.6 Å². The molecule has 0 unspecified atom stereocenters. The minimum atomic E-state index is -0.136. The van der Waals surface area contributed by atoms with Crippen LogP contribution in [0.1, 0.15) is 36.5 Å². The van der Waals surface area contributed by atoms with Gasteiger partial charge in [-0.15, -0.1) is 0 Å². The summed E-state index contributed by atoms with van der Waals surface area (Å²) in [5.41, 5.74) is 2.85. The fraction of sp³-hybridized carbons (Fsp3) is 0.312. The Balaban J connectivity index is 2.32. The number of pyridine rings is 1. The lowest BCUT2D eigenvalue weighted by atomic mass is 10.0. The first-order valence-electron chi connectivity index (χ1n) is 6.55. The first-order valence-corrected chi connectivity index (χ1v) is 6.92. The second-order valence-electron chi connectivity index (χ2n) is 5.05. The average Bonchev–Trinajstić information content (AvgIpc) is 2.43. The van der Waals surface area contributed by atoms with E-state index in [4.69, 9.17) is 16.3 Å².